The van der Waals surface area contributed by atoms with Crippen LogP contribution in [-0.4, -0.2) is 8.42 Å². The van der Waals surface area contributed by atoms with Crippen LogP contribution in [0.2, 0.25) is 5.02 Å². The van der Waals surface area contributed by atoms with Gasteiger partial charge in [0.25, 0.3) is 0 Å². The highest BCUT2D eigenvalue weighted by Gasteiger charge is 2.17. The van der Waals surface area contributed by atoms with E-state index in [4.69, 9.17) is 11.6 Å². The molecule has 2 rings (SSSR count). The van der Waals surface area contributed by atoms with E-state index in [1.807, 2.05) is 0 Å². The lowest BCUT2D eigenvalue weighted by Gasteiger charge is -2.02. The van der Waals surface area contributed by atoms with Crippen molar-refractivity contribution < 1.29 is 8.42 Å². The molecule has 0 atom stereocenters. The van der Waals surface area contributed by atoms with Crippen LogP contribution in [0.1, 0.15) is 4.88 Å². The molecule has 0 spiro atoms. The Morgan fingerprint density at radius 2 is 1.81 bits per heavy atom. The van der Waals surface area contributed by atoms with Gasteiger partial charge in [0, 0.05) is 4.88 Å². The fourth-order valence-electron chi connectivity index (χ4n) is 1.31. The Labute approximate surface area is 103 Å². The van der Waals surface area contributed by atoms with Gasteiger partial charge in [-0.05, 0) is 23.6 Å². The highest BCUT2D eigenvalue weighted by molar-refractivity contribution is 7.90. The topological polar surface area (TPSA) is 34.1 Å². The Kier molecular flexibility index (Phi) is 3.33. The summed E-state index contributed by atoms with van der Waals surface area (Å²) in [4.78, 5) is 1.02. The van der Waals surface area contributed by atoms with E-state index in [0.717, 1.165) is 0 Å². The number of thiophene rings is 1. The van der Waals surface area contributed by atoms with Gasteiger partial charge in [-0.2, -0.15) is 0 Å². The molecule has 0 bridgehead atoms. The van der Waals surface area contributed by atoms with E-state index in [9.17, 15) is 8.42 Å². The molecule has 1 aromatic carbocycles. The summed E-state index contributed by atoms with van der Waals surface area (Å²) in [6.07, 6.45) is 0. The molecule has 0 fully saturated rings. The number of sulfone groups is 1. The number of halogens is 1. The van der Waals surface area contributed by atoms with Gasteiger partial charge in [-0.25, -0.2) is 8.42 Å². The van der Waals surface area contributed by atoms with Crippen molar-refractivity contribution in [2.24, 2.45) is 0 Å². The summed E-state index contributed by atoms with van der Waals surface area (Å²) < 4.78 is 24.0. The molecule has 2 aromatic rings. The Bertz CT molecular complexity index is 573. The minimum Gasteiger partial charge on any atom is -0.223 e. The molecule has 1 heterocycles. The molecule has 2 nitrogen and oxygen atoms in total. The average molecular weight is 273 g/mol. The van der Waals surface area contributed by atoms with Crippen LogP contribution < -0.4 is 0 Å². The number of hydrogen-bond acceptors (Lipinski definition) is 3. The van der Waals surface area contributed by atoms with Crippen molar-refractivity contribution in [3.63, 3.8) is 0 Å². The zero-order chi connectivity index (χ0) is 11.6. The highest BCUT2D eigenvalue weighted by atomic mass is 35.5. The summed E-state index contributed by atoms with van der Waals surface area (Å²) in [7, 11) is -3.28. The van der Waals surface area contributed by atoms with Gasteiger partial charge in [-0.3, -0.25) is 0 Å². The molecule has 0 aliphatic rings. The molecule has 0 saturated carbocycles. The first-order chi connectivity index (χ1) is 7.59. The third kappa shape index (κ3) is 2.45. The van der Waals surface area contributed by atoms with Crippen LogP contribution in [0.3, 0.4) is 0 Å². The maximum absolute atomic E-state index is 12.0. The summed E-state index contributed by atoms with van der Waals surface area (Å²) in [6, 6.07) is 10.1. The normalized spacial score (nSPS) is 11.6. The number of benzene rings is 1. The van der Waals surface area contributed by atoms with E-state index < -0.39 is 9.84 Å². The highest BCUT2D eigenvalue weighted by Crippen LogP contribution is 2.26. The molecule has 0 aliphatic heterocycles. The summed E-state index contributed by atoms with van der Waals surface area (Å²) in [5, 5.41) is 2.31. The zero-order valence-corrected chi connectivity index (χ0v) is 10.6. The molecular formula is C11H9ClO2S2. The fourth-order valence-corrected chi connectivity index (χ4v) is 4.26. The van der Waals surface area contributed by atoms with E-state index in [1.54, 1.807) is 41.8 Å². The first-order valence-electron chi connectivity index (χ1n) is 4.59. The third-order valence-electron chi connectivity index (χ3n) is 2.11. The summed E-state index contributed by atoms with van der Waals surface area (Å²) >= 11 is 7.24. The van der Waals surface area contributed by atoms with Gasteiger partial charge in [-0.15, -0.1) is 11.3 Å². The lowest BCUT2D eigenvalue weighted by atomic mass is 10.4. The maximum atomic E-state index is 12.0. The van der Waals surface area contributed by atoms with Crippen molar-refractivity contribution in [3.8, 4) is 0 Å². The molecule has 0 N–H and O–H groups in total. The van der Waals surface area contributed by atoms with Gasteiger partial charge in [0.2, 0.25) is 0 Å². The van der Waals surface area contributed by atoms with Crippen LogP contribution in [0.5, 0.6) is 0 Å². The molecule has 1 aromatic heterocycles. The summed E-state index contributed by atoms with van der Waals surface area (Å²) in [6.45, 7) is 0. The van der Waals surface area contributed by atoms with Gasteiger partial charge in [0.15, 0.2) is 9.84 Å². The predicted molar refractivity (Wildman–Crippen MR) is 66.7 cm³/mol. The SMILES string of the molecule is O=S(=O)(Cc1sccc1Cl)c1ccccc1. The van der Waals surface area contributed by atoms with Gasteiger partial charge in [0.1, 0.15) is 0 Å². The smallest absolute Gasteiger partial charge is 0.183 e. The Balaban J connectivity index is 2.32. The largest absolute Gasteiger partial charge is 0.223 e. The second-order valence-corrected chi connectivity index (χ2v) is 6.66. The molecule has 0 aliphatic carbocycles. The van der Waals surface area contributed by atoms with Crippen molar-refractivity contribution in [1.82, 2.24) is 0 Å². The molecule has 84 valence electrons. The Morgan fingerprint density at radius 1 is 1.12 bits per heavy atom. The first-order valence-corrected chi connectivity index (χ1v) is 7.50. The van der Waals surface area contributed by atoms with Gasteiger partial charge in [-0.1, -0.05) is 29.8 Å². The summed E-state index contributed by atoms with van der Waals surface area (Å²) in [5.41, 5.74) is 0. The number of rotatable bonds is 3. The van der Waals surface area contributed by atoms with Gasteiger partial charge >= 0.3 is 0 Å². The van der Waals surface area contributed by atoms with Crippen LogP contribution >= 0.6 is 22.9 Å². The van der Waals surface area contributed by atoms with Gasteiger partial charge in [0.05, 0.1) is 15.7 Å². The van der Waals surface area contributed by atoms with Crippen molar-refractivity contribution >= 4 is 32.8 Å². The van der Waals surface area contributed by atoms with Crippen LogP contribution in [0.25, 0.3) is 0 Å². The van der Waals surface area contributed by atoms with Crippen LogP contribution in [0, 0.1) is 0 Å². The first kappa shape index (κ1) is 11.6. The van der Waals surface area contributed by atoms with E-state index in [-0.39, 0.29) is 5.75 Å². The number of hydrogen-bond donors (Lipinski definition) is 0. The predicted octanol–water partition coefficient (Wildman–Crippen LogP) is 3.38. The van der Waals surface area contributed by atoms with Gasteiger partial charge < -0.3 is 0 Å². The minimum absolute atomic E-state index is 0.0342. The molecule has 0 saturated heterocycles. The van der Waals surface area contributed by atoms with Crippen LogP contribution in [0.4, 0.5) is 0 Å². The Hall–Kier alpha value is -0.840. The lowest BCUT2D eigenvalue weighted by molar-refractivity contribution is 0.595. The fraction of sp³-hybridized carbons (Fsp3) is 0.0909. The van der Waals surface area contributed by atoms with E-state index in [1.165, 1.54) is 11.3 Å². The summed E-state index contributed by atoms with van der Waals surface area (Å²) in [5.74, 6) is -0.0342. The van der Waals surface area contributed by atoms with Crippen LogP contribution in [-0.2, 0) is 15.6 Å². The van der Waals surface area contributed by atoms with Crippen molar-refractivity contribution in [2.45, 2.75) is 10.6 Å². The molecule has 5 heteroatoms. The third-order valence-corrected chi connectivity index (χ3v) is 5.34. The van der Waals surface area contributed by atoms with Crippen LogP contribution in [0.15, 0.2) is 46.7 Å². The van der Waals surface area contributed by atoms with Crippen molar-refractivity contribution in [1.29, 1.82) is 0 Å². The molecule has 0 unspecified atom stereocenters. The monoisotopic (exact) mass is 272 g/mol. The quantitative estimate of drug-likeness (QED) is 0.858. The standard InChI is InChI=1S/C11H9ClO2S2/c12-10-6-7-15-11(10)8-16(13,14)9-4-2-1-3-5-9/h1-7H,8H2. The molecular weight excluding hydrogens is 264 g/mol. The lowest BCUT2D eigenvalue weighted by Crippen LogP contribution is -2.03. The molecule has 16 heavy (non-hydrogen) atoms. The van der Waals surface area contributed by atoms with E-state index >= 15 is 0 Å². The molecule has 0 amide bonds. The van der Waals surface area contributed by atoms with Crippen molar-refractivity contribution in [2.75, 3.05) is 0 Å². The van der Waals surface area contributed by atoms with E-state index in [0.29, 0.717) is 14.8 Å². The molecule has 0 radical (unpaired) electrons. The van der Waals surface area contributed by atoms with Crippen molar-refractivity contribution in [3.05, 3.63) is 51.7 Å². The average Bonchev–Trinajstić information content (AvgIpc) is 2.65. The Morgan fingerprint density at radius 3 is 2.38 bits per heavy atom. The maximum Gasteiger partial charge on any atom is 0.183 e. The minimum atomic E-state index is -3.28. The second kappa shape index (κ2) is 4.57. The van der Waals surface area contributed by atoms with E-state index in [2.05, 4.69) is 0 Å². The second-order valence-electron chi connectivity index (χ2n) is 3.26. The zero-order valence-electron chi connectivity index (χ0n) is 8.26.